The Labute approximate surface area is 135 Å². The summed E-state index contributed by atoms with van der Waals surface area (Å²) in [7, 11) is 3.39. The van der Waals surface area contributed by atoms with Crippen molar-refractivity contribution < 1.29 is 14.3 Å². The van der Waals surface area contributed by atoms with E-state index in [9.17, 15) is 9.59 Å². The summed E-state index contributed by atoms with van der Waals surface area (Å²) in [5.41, 5.74) is 1.19. The third kappa shape index (κ3) is 4.57. The molecule has 0 unspecified atom stereocenters. The molecule has 2 aromatic carbocycles. The lowest BCUT2D eigenvalue weighted by atomic mass is 10.2. The smallest absolute Gasteiger partial charge is 0.265 e. The van der Waals surface area contributed by atoms with E-state index in [1.54, 1.807) is 57.4 Å². The molecule has 0 aromatic heterocycles. The first-order chi connectivity index (χ1) is 11.0. The number of carbonyl (C=O) groups excluding carboxylic acids is 2. The highest BCUT2D eigenvalue weighted by atomic mass is 16.5. The van der Waals surface area contributed by atoms with E-state index < -0.39 is 6.10 Å². The molecule has 23 heavy (non-hydrogen) atoms. The Morgan fingerprint density at radius 2 is 1.61 bits per heavy atom. The maximum absolute atomic E-state index is 12.1. The first-order valence-corrected chi connectivity index (χ1v) is 7.31. The van der Waals surface area contributed by atoms with Crippen LogP contribution in [-0.4, -0.2) is 36.9 Å². The number of hydrogen-bond donors (Lipinski definition) is 1. The number of rotatable bonds is 5. The highest BCUT2D eigenvalue weighted by molar-refractivity contribution is 5.96. The number of nitrogens with one attached hydrogen (secondary N) is 1. The lowest BCUT2D eigenvalue weighted by molar-refractivity contribution is -0.122. The van der Waals surface area contributed by atoms with E-state index in [1.165, 1.54) is 4.90 Å². The van der Waals surface area contributed by atoms with Gasteiger partial charge in [0, 0.05) is 25.3 Å². The number of amides is 2. The molecule has 0 spiro atoms. The number of carbonyl (C=O) groups is 2. The van der Waals surface area contributed by atoms with Crippen LogP contribution in [0, 0.1) is 0 Å². The SMILES string of the molecule is C[C@@H](Oc1ccccc1)C(=O)Nc1ccc(C(=O)N(C)C)cc1. The van der Waals surface area contributed by atoms with Gasteiger partial charge in [-0.25, -0.2) is 0 Å². The molecular formula is C18H20N2O3. The maximum Gasteiger partial charge on any atom is 0.265 e. The number of nitrogens with zero attached hydrogens (tertiary/aromatic N) is 1. The topological polar surface area (TPSA) is 58.6 Å². The molecule has 120 valence electrons. The lowest BCUT2D eigenvalue weighted by Gasteiger charge is -2.15. The van der Waals surface area contributed by atoms with Crippen LogP contribution in [0.15, 0.2) is 54.6 Å². The minimum Gasteiger partial charge on any atom is -0.481 e. The average molecular weight is 312 g/mol. The van der Waals surface area contributed by atoms with Crippen molar-refractivity contribution in [1.82, 2.24) is 4.90 Å². The summed E-state index contributed by atoms with van der Waals surface area (Å²) in [5.74, 6) is 0.311. The average Bonchev–Trinajstić information content (AvgIpc) is 2.55. The van der Waals surface area contributed by atoms with Crippen molar-refractivity contribution in [3.63, 3.8) is 0 Å². The van der Waals surface area contributed by atoms with Gasteiger partial charge in [0.05, 0.1) is 0 Å². The van der Waals surface area contributed by atoms with Crippen LogP contribution < -0.4 is 10.1 Å². The van der Waals surface area contributed by atoms with Crippen LogP contribution >= 0.6 is 0 Å². The minimum atomic E-state index is -0.625. The standard InChI is InChI=1S/C18H20N2O3/c1-13(23-16-7-5-4-6-8-16)17(21)19-15-11-9-14(10-12-15)18(22)20(2)3/h4-13H,1-3H3,(H,19,21)/t13-/m1/s1. The Bertz CT molecular complexity index is 666. The summed E-state index contributed by atoms with van der Waals surface area (Å²) in [6, 6.07) is 15.9. The van der Waals surface area contributed by atoms with Crippen molar-refractivity contribution in [1.29, 1.82) is 0 Å². The van der Waals surface area contributed by atoms with Crippen molar-refractivity contribution in [2.45, 2.75) is 13.0 Å². The summed E-state index contributed by atoms with van der Waals surface area (Å²) < 4.78 is 5.57. The molecular weight excluding hydrogens is 292 g/mol. The van der Waals surface area contributed by atoms with Crippen LogP contribution in [0.25, 0.3) is 0 Å². The van der Waals surface area contributed by atoms with Crippen LogP contribution in [0.3, 0.4) is 0 Å². The second-order valence-corrected chi connectivity index (χ2v) is 5.34. The quantitative estimate of drug-likeness (QED) is 0.923. The molecule has 0 bridgehead atoms. The summed E-state index contributed by atoms with van der Waals surface area (Å²) >= 11 is 0. The predicted molar refractivity (Wildman–Crippen MR) is 89.6 cm³/mol. The molecule has 1 atom stereocenters. The van der Waals surface area contributed by atoms with E-state index in [-0.39, 0.29) is 11.8 Å². The molecule has 0 saturated heterocycles. The van der Waals surface area contributed by atoms with Crippen LogP contribution in [0.2, 0.25) is 0 Å². The van der Waals surface area contributed by atoms with E-state index in [2.05, 4.69) is 5.32 Å². The van der Waals surface area contributed by atoms with Crippen molar-refractivity contribution >= 4 is 17.5 Å². The van der Waals surface area contributed by atoms with Gasteiger partial charge < -0.3 is 15.0 Å². The molecule has 2 amide bonds. The van der Waals surface area contributed by atoms with Crippen molar-refractivity contribution in [2.75, 3.05) is 19.4 Å². The molecule has 2 rings (SSSR count). The Balaban J connectivity index is 1.96. The molecule has 0 aliphatic carbocycles. The second kappa shape index (κ2) is 7.45. The van der Waals surface area contributed by atoms with Gasteiger partial charge in [-0.1, -0.05) is 18.2 Å². The van der Waals surface area contributed by atoms with E-state index in [0.29, 0.717) is 17.0 Å². The third-order valence-electron chi connectivity index (χ3n) is 3.23. The molecule has 0 saturated carbocycles. The highest BCUT2D eigenvalue weighted by Gasteiger charge is 2.15. The molecule has 0 radical (unpaired) electrons. The Morgan fingerprint density at radius 1 is 1.00 bits per heavy atom. The van der Waals surface area contributed by atoms with Crippen molar-refractivity contribution in [2.24, 2.45) is 0 Å². The van der Waals surface area contributed by atoms with Gasteiger partial charge in [-0.2, -0.15) is 0 Å². The van der Waals surface area contributed by atoms with Crippen molar-refractivity contribution in [3.8, 4) is 5.75 Å². The maximum atomic E-state index is 12.1. The largest absolute Gasteiger partial charge is 0.481 e. The molecule has 1 N–H and O–H groups in total. The zero-order chi connectivity index (χ0) is 16.8. The van der Waals surface area contributed by atoms with Crippen LogP contribution in [0.1, 0.15) is 17.3 Å². The molecule has 5 nitrogen and oxygen atoms in total. The number of para-hydroxylation sites is 1. The number of anilines is 1. The molecule has 2 aromatic rings. The first kappa shape index (κ1) is 16.5. The van der Waals surface area contributed by atoms with E-state index >= 15 is 0 Å². The van der Waals surface area contributed by atoms with Crippen LogP contribution in [0.5, 0.6) is 5.75 Å². The Morgan fingerprint density at radius 3 is 2.17 bits per heavy atom. The van der Waals surface area contributed by atoms with E-state index in [0.717, 1.165) is 0 Å². The molecule has 5 heteroatoms. The van der Waals surface area contributed by atoms with Crippen molar-refractivity contribution in [3.05, 3.63) is 60.2 Å². The zero-order valence-electron chi connectivity index (χ0n) is 13.4. The normalized spacial score (nSPS) is 11.4. The molecule has 0 heterocycles. The second-order valence-electron chi connectivity index (χ2n) is 5.34. The van der Waals surface area contributed by atoms with Gasteiger partial charge in [-0.15, -0.1) is 0 Å². The molecule has 0 fully saturated rings. The highest BCUT2D eigenvalue weighted by Crippen LogP contribution is 2.14. The third-order valence-corrected chi connectivity index (χ3v) is 3.23. The van der Waals surface area contributed by atoms with E-state index in [4.69, 9.17) is 4.74 Å². The summed E-state index contributed by atoms with van der Waals surface area (Å²) in [4.78, 5) is 25.4. The monoisotopic (exact) mass is 312 g/mol. The molecule has 0 aliphatic rings. The lowest BCUT2D eigenvalue weighted by Crippen LogP contribution is -2.30. The zero-order valence-corrected chi connectivity index (χ0v) is 13.4. The summed E-state index contributed by atoms with van der Waals surface area (Å²) in [6.45, 7) is 1.69. The Hall–Kier alpha value is -2.82. The Kier molecular flexibility index (Phi) is 5.36. The van der Waals surface area contributed by atoms with Gasteiger partial charge in [-0.3, -0.25) is 9.59 Å². The van der Waals surface area contributed by atoms with Gasteiger partial charge >= 0.3 is 0 Å². The number of hydrogen-bond acceptors (Lipinski definition) is 3. The van der Waals surface area contributed by atoms with Gasteiger partial charge in [-0.05, 0) is 43.3 Å². The predicted octanol–water partition coefficient (Wildman–Crippen LogP) is 2.79. The van der Waals surface area contributed by atoms with Crippen LogP contribution in [0.4, 0.5) is 5.69 Å². The number of ether oxygens (including phenoxy) is 1. The van der Waals surface area contributed by atoms with E-state index in [1.807, 2.05) is 18.2 Å². The van der Waals surface area contributed by atoms with Gasteiger partial charge in [0.1, 0.15) is 5.75 Å². The van der Waals surface area contributed by atoms with Gasteiger partial charge in [0.25, 0.3) is 11.8 Å². The fourth-order valence-corrected chi connectivity index (χ4v) is 1.95. The fourth-order valence-electron chi connectivity index (χ4n) is 1.95. The van der Waals surface area contributed by atoms with Gasteiger partial charge in [0.15, 0.2) is 6.10 Å². The summed E-state index contributed by atoms with van der Waals surface area (Å²) in [6.07, 6.45) is -0.625. The van der Waals surface area contributed by atoms with Crippen LogP contribution in [-0.2, 0) is 4.79 Å². The summed E-state index contributed by atoms with van der Waals surface area (Å²) in [5, 5.41) is 2.77. The number of benzene rings is 2. The van der Waals surface area contributed by atoms with Gasteiger partial charge in [0.2, 0.25) is 0 Å². The minimum absolute atomic E-state index is 0.0799. The fraction of sp³-hybridized carbons (Fsp3) is 0.222. The first-order valence-electron chi connectivity index (χ1n) is 7.31. The molecule has 0 aliphatic heterocycles.